The van der Waals surface area contributed by atoms with E-state index in [4.69, 9.17) is 5.26 Å². The first-order valence-electron chi connectivity index (χ1n) is 5.42. The largest absolute Gasteiger partial charge is 0.371 e. The molecule has 1 unspecified atom stereocenters. The predicted octanol–water partition coefficient (Wildman–Crippen LogP) is 0.149. The van der Waals surface area contributed by atoms with Crippen molar-refractivity contribution in [3.05, 3.63) is 35.6 Å². The van der Waals surface area contributed by atoms with Crippen LogP contribution in [0.2, 0.25) is 0 Å². The van der Waals surface area contributed by atoms with E-state index in [-0.39, 0.29) is 12.0 Å². The van der Waals surface area contributed by atoms with Crippen molar-refractivity contribution in [2.24, 2.45) is 0 Å². The topological polar surface area (TPSA) is 107 Å². The average molecular weight is 282 g/mol. The third kappa shape index (κ3) is 3.30. The van der Waals surface area contributed by atoms with Crippen LogP contribution in [0.5, 0.6) is 0 Å². The molecular weight excluding hydrogens is 268 g/mol. The summed E-state index contributed by atoms with van der Waals surface area (Å²) in [6, 6.07) is 1.73. The molecule has 0 spiro atoms. The van der Waals surface area contributed by atoms with Crippen LogP contribution >= 0.6 is 0 Å². The lowest BCUT2D eigenvalue weighted by Gasteiger charge is -2.24. The molecule has 19 heavy (non-hydrogen) atoms. The molecule has 0 heterocycles. The standard InChI is InChI=1S/C12H14N2O4S/c1-3-9(8-13)11(15)14-10-4-6-12(16,7-5-10)19(2,17)18/h3-6,16H,7H2,1-2H3,(H,14,15). The van der Waals surface area contributed by atoms with E-state index in [0.717, 1.165) is 12.3 Å². The summed E-state index contributed by atoms with van der Waals surface area (Å²) in [5.74, 6) is -0.578. The van der Waals surface area contributed by atoms with E-state index in [1.54, 1.807) is 13.0 Å². The molecule has 0 bridgehead atoms. The van der Waals surface area contributed by atoms with Crippen LogP contribution in [-0.4, -0.2) is 30.6 Å². The van der Waals surface area contributed by atoms with E-state index in [1.807, 2.05) is 0 Å². The summed E-state index contributed by atoms with van der Waals surface area (Å²) in [6.45, 7) is 1.56. The average Bonchev–Trinajstić information content (AvgIpc) is 2.32. The minimum atomic E-state index is -3.66. The Morgan fingerprint density at radius 2 is 2.26 bits per heavy atom. The molecule has 0 aromatic carbocycles. The van der Waals surface area contributed by atoms with Crippen molar-refractivity contribution in [1.29, 1.82) is 5.26 Å². The van der Waals surface area contributed by atoms with E-state index in [9.17, 15) is 18.3 Å². The minimum absolute atomic E-state index is 0.0433. The zero-order valence-electron chi connectivity index (χ0n) is 10.5. The van der Waals surface area contributed by atoms with Crippen molar-refractivity contribution in [3.63, 3.8) is 0 Å². The molecule has 0 saturated heterocycles. The Morgan fingerprint density at radius 1 is 1.63 bits per heavy atom. The lowest BCUT2D eigenvalue weighted by molar-refractivity contribution is -0.116. The number of sulfone groups is 1. The highest BCUT2D eigenvalue weighted by atomic mass is 32.2. The van der Waals surface area contributed by atoms with Gasteiger partial charge in [-0.05, 0) is 19.1 Å². The van der Waals surface area contributed by atoms with Gasteiger partial charge in [-0.2, -0.15) is 5.26 Å². The quantitative estimate of drug-likeness (QED) is 0.566. The van der Waals surface area contributed by atoms with E-state index in [0.29, 0.717) is 5.70 Å². The molecule has 102 valence electrons. The first-order valence-corrected chi connectivity index (χ1v) is 7.32. The number of hydrogen-bond donors (Lipinski definition) is 2. The SMILES string of the molecule is CC=C(C#N)C(=O)NC1=CCC(O)(S(C)(=O)=O)C=C1. The number of hydrogen-bond acceptors (Lipinski definition) is 5. The van der Waals surface area contributed by atoms with Gasteiger partial charge in [-0.1, -0.05) is 12.2 Å². The van der Waals surface area contributed by atoms with Crippen LogP contribution in [0.25, 0.3) is 0 Å². The summed E-state index contributed by atoms with van der Waals surface area (Å²) in [5, 5.41) is 21.0. The molecule has 0 aliphatic heterocycles. The lowest BCUT2D eigenvalue weighted by Crippen LogP contribution is -2.37. The molecule has 6 nitrogen and oxygen atoms in total. The van der Waals surface area contributed by atoms with Gasteiger partial charge in [0.1, 0.15) is 11.6 Å². The number of nitrogens with zero attached hydrogens (tertiary/aromatic N) is 1. The van der Waals surface area contributed by atoms with Crippen LogP contribution in [0.15, 0.2) is 35.6 Å². The smallest absolute Gasteiger partial charge is 0.265 e. The van der Waals surface area contributed by atoms with Crippen molar-refractivity contribution in [1.82, 2.24) is 5.32 Å². The first-order chi connectivity index (χ1) is 8.73. The molecule has 1 atom stereocenters. The zero-order chi connectivity index (χ0) is 14.7. The van der Waals surface area contributed by atoms with E-state index >= 15 is 0 Å². The minimum Gasteiger partial charge on any atom is -0.371 e. The van der Waals surface area contributed by atoms with Crippen molar-refractivity contribution in [2.45, 2.75) is 18.3 Å². The summed E-state index contributed by atoms with van der Waals surface area (Å²) >= 11 is 0. The van der Waals surface area contributed by atoms with Crippen molar-refractivity contribution in [2.75, 3.05) is 6.26 Å². The lowest BCUT2D eigenvalue weighted by atomic mass is 10.1. The van der Waals surface area contributed by atoms with Gasteiger partial charge in [-0.15, -0.1) is 0 Å². The highest BCUT2D eigenvalue weighted by molar-refractivity contribution is 7.92. The maximum atomic E-state index is 11.6. The van der Waals surface area contributed by atoms with Gasteiger partial charge in [0.15, 0.2) is 14.8 Å². The maximum absolute atomic E-state index is 11.6. The van der Waals surface area contributed by atoms with Crippen LogP contribution in [0.4, 0.5) is 0 Å². The number of amides is 1. The van der Waals surface area contributed by atoms with E-state index in [1.165, 1.54) is 18.2 Å². The summed E-state index contributed by atoms with van der Waals surface area (Å²) in [7, 11) is -3.66. The number of rotatable bonds is 3. The van der Waals surface area contributed by atoms with Gasteiger partial charge in [0.2, 0.25) is 0 Å². The van der Waals surface area contributed by atoms with Gasteiger partial charge in [0.05, 0.1) is 0 Å². The number of allylic oxidation sites excluding steroid dienone is 2. The van der Waals surface area contributed by atoms with E-state index < -0.39 is 20.7 Å². The Hall–Kier alpha value is -1.91. The Labute approximate surface area is 111 Å². The fourth-order valence-corrected chi connectivity index (χ4v) is 2.13. The van der Waals surface area contributed by atoms with Crippen LogP contribution in [0.1, 0.15) is 13.3 Å². The molecule has 0 fully saturated rings. The Morgan fingerprint density at radius 3 is 2.63 bits per heavy atom. The monoisotopic (exact) mass is 282 g/mol. The van der Waals surface area contributed by atoms with Crippen LogP contribution in [0.3, 0.4) is 0 Å². The summed E-state index contributed by atoms with van der Waals surface area (Å²) in [4.78, 5) is 9.63. The molecule has 2 N–H and O–H groups in total. The van der Waals surface area contributed by atoms with Gasteiger partial charge in [0.25, 0.3) is 5.91 Å². The zero-order valence-corrected chi connectivity index (χ0v) is 11.4. The van der Waals surface area contributed by atoms with Gasteiger partial charge in [0, 0.05) is 18.4 Å². The third-order valence-corrected chi connectivity index (χ3v) is 4.28. The van der Waals surface area contributed by atoms with Gasteiger partial charge >= 0.3 is 0 Å². The molecule has 1 rings (SSSR count). The first kappa shape index (κ1) is 15.1. The van der Waals surface area contributed by atoms with E-state index in [2.05, 4.69) is 5.32 Å². The summed E-state index contributed by atoms with van der Waals surface area (Å²) in [5.41, 5.74) is 0.297. The molecule has 0 aromatic rings. The number of carbonyl (C=O) groups is 1. The Kier molecular flexibility index (Phi) is 4.29. The number of nitrogens with one attached hydrogen (secondary N) is 1. The molecular formula is C12H14N2O4S. The van der Waals surface area contributed by atoms with Crippen molar-refractivity contribution < 1.29 is 18.3 Å². The fraction of sp³-hybridized carbons (Fsp3) is 0.333. The number of carbonyl (C=O) groups excluding carboxylic acids is 1. The molecule has 7 heteroatoms. The molecule has 1 amide bonds. The number of nitriles is 1. The molecule has 0 aromatic heterocycles. The number of aliphatic hydroxyl groups is 1. The van der Waals surface area contributed by atoms with Crippen LogP contribution in [0, 0.1) is 11.3 Å². The van der Waals surface area contributed by atoms with Crippen molar-refractivity contribution >= 4 is 15.7 Å². The highest BCUT2D eigenvalue weighted by Gasteiger charge is 2.36. The van der Waals surface area contributed by atoms with Crippen LogP contribution in [-0.2, 0) is 14.6 Å². The Bertz CT molecular complexity index is 623. The molecule has 0 radical (unpaired) electrons. The maximum Gasteiger partial charge on any atom is 0.265 e. The molecule has 0 saturated carbocycles. The van der Waals surface area contributed by atoms with Gasteiger partial charge in [-0.25, -0.2) is 8.42 Å². The third-order valence-electron chi connectivity index (χ3n) is 2.69. The van der Waals surface area contributed by atoms with Crippen LogP contribution < -0.4 is 5.32 Å². The van der Waals surface area contributed by atoms with Crippen molar-refractivity contribution in [3.8, 4) is 6.07 Å². The second kappa shape index (κ2) is 5.38. The predicted molar refractivity (Wildman–Crippen MR) is 69.1 cm³/mol. The Balaban J connectivity index is 2.82. The normalized spacial score (nSPS) is 23.5. The molecule has 1 aliphatic carbocycles. The van der Waals surface area contributed by atoms with Gasteiger partial charge in [-0.3, -0.25) is 4.79 Å². The fourth-order valence-electron chi connectivity index (χ4n) is 1.42. The molecule has 1 aliphatic rings. The highest BCUT2D eigenvalue weighted by Crippen LogP contribution is 2.25. The summed E-state index contributed by atoms with van der Waals surface area (Å²) in [6.07, 6.45) is 5.95. The van der Waals surface area contributed by atoms with Gasteiger partial charge < -0.3 is 10.4 Å². The summed E-state index contributed by atoms with van der Waals surface area (Å²) < 4.78 is 22.7. The second-order valence-electron chi connectivity index (χ2n) is 4.08. The second-order valence-corrected chi connectivity index (χ2v) is 6.33.